The third-order valence-corrected chi connectivity index (χ3v) is 6.65. The van der Waals surface area contributed by atoms with Gasteiger partial charge in [-0.05, 0) is 195 Å². The molecule has 0 saturated heterocycles. The van der Waals surface area contributed by atoms with Crippen molar-refractivity contribution < 1.29 is 17.9 Å². The van der Waals surface area contributed by atoms with Crippen molar-refractivity contribution in [3.8, 4) is 0 Å². The predicted octanol–water partition coefficient (Wildman–Crippen LogP) is 3.40. The zero-order valence-corrected chi connectivity index (χ0v) is 28.7. The number of hydrogen-bond donors (Lipinski definition) is 4. The fourth-order valence-electron chi connectivity index (χ4n) is 1.83. The van der Waals surface area contributed by atoms with Crippen molar-refractivity contribution in [1.29, 1.82) is 0 Å². The van der Waals surface area contributed by atoms with Crippen molar-refractivity contribution in [2.24, 2.45) is 11.0 Å². The lowest BCUT2D eigenvalue weighted by Crippen LogP contribution is -3.00. The van der Waals surface area contributed by atoms with Crippen LogP contribution in [-0.4, -0.2) is 0 Å². The van der Waals surface area contributed by atoms with Gasteiger partial charge in [-0.1, -0.05) is 0 Å². The Morgan fingerprint density at radius 3 is 1.27 bits per heavy atom. The average molecular weight is 1100 g/mol. The topological polar surface area (TPSA) is 102 Å². The molecule has 0 amide bonds. The largest absolute Gasteiger partial charge is 1.00 e. The maximum atomic E-state index is 5.55. The van der Waals surface area contributed by atoms with Crippen LogP contribution in [0.4, 0.5) is 17.1 Å². The lowest BCUT2D eigenvalue weighted by Gasteiger charge is -2.00. The second-order valence-electron chi connectivity index (χ2n) is 5.26. The van der Waals surface area contributed by atoms with Crippen molar-refractivity contribution in [2.45, 2.75) is 0 Å². The Morgan fingerprint density at radius 1 is 0.633 bits per heavy atom. The molecule has 3 aromatic rings. The monoisotopic (exact) mass is 1100 g/mol. The van der Waals surface area contributed by atoms with Crippen molar-refractivity contribution >= 4 is 153 Å². The van der Waals surface area contributed by atoms with E-state index in [1.165, 1.54) is 14.3 Å². The van der Waals surface area contributed by atoms with Gasteiger partial charge in [0.2, 0.25) is 0 Å². The van der Waals surface area contributed by atoms with Crippen molar-refractivity contribution in [1.82, 2.24) is 0 Å². The van der Waals surface area contributed by atoms with Gasteiger partial charge in [0.05, 0.1) is 5.69 Å². The average Bonchev–Trinajstić information content (AvgIpc) is 2.60. The van der Waals surface area contributed by atoms with E-state index in [9.17, 15) is 0 Å². The SMILES string of the molecule is NNc1cc(I)cc(I)c1.Nc1cc(I)cc(I)c1.[Cl-].[NH2+]=Nc1cc(I)cc(I)c1. The molecule has 3 rings (SSSR count). The molecule has 0 atom stereocenters. The van der Waals surface area contributed by atoms with Gasteiger partial charge in [0.25, 0.3) is 0 Å². The van der Waals surface area contributed by atoms with E-state index in [1.54, 1.807) is 0 Å². The van der Waals surface area contributed by atoms with E-state index < -0.39 is 0 Å². The van der Waals surface area contributed by atoms with Gasteiger partial charge >= 0.3 is 0 Å². The molecule has 0 fully saturated rings. The maximum absolute atomic E-state index is 5.55. The summed E-state index contributed by atoms with van der Waals surface area (Å²) >= 11 is 13.5. The Morgan fingerprint density at radius 2 is 0.967 bits per heavy atom. The number of anilines is 2. The van der Waals surface area contributed by atoms with Crippen LogP contribution in [0.5, 0.6) is 0 Å². The first-order chi connectivity index (χ1) is 13.6. The van der Waals surface area contributed by atoms with Crippen molar-refractivity contribution in [3.05, 3.63) is 76.0 Å². The molecule has 162 valence electrons. The number of nitrogens with zero attached hydrogens (tertiary/aromatic N) is 1. The second kappa shape index (κ2) is 17.0. The molecule has 5 nitrogen and oxygen atoms in total. The Hall–Kier alpha value is 1.49. The number of hydrogen-bond acceptors (Lipinski definition) is 4. The highest BCUT2D eigenvalue weighted by Crippen LogP contribution is 2.19. The minimum atomic E-state index is 0. The van der Waals surface area contributed by atoms with Crippen molar-refractivity contribution in [3.63, 3.8) is 0 Å². The van der Waals surface area contributed by atoms with Gasteiger partial charge in [0, 0.05) is 27.1 Å². The van der Waals surface area contributed by atoms with Gasteiger partial charge in [0.15, 0.2) is 0 Å². The fraction of sp³-hybridized carbons (Fsp3) is 0. The molecule has 30 heavy (non-hydrogen) atoms. The summed E-state index contributed by atoms with van der Waals surface area (Å²) in [7, 11) is 0. The minimum absolute atomic E-state index is 0. The van der Waals surface area contributed by atoms with E-state index >= 15 is 0 Å². The first kappa shape index (κ1) is 31.5. The van der Waals surface area contributed by atoms with E-state index in [1.807, 2.05) is 36.4 Å². The molecule has 0 unspecified atom stereocenters. The molecule has 7 N–H and O–H groups in total. The van der Waals surface area contributed by atoms with Crippen LogP contribution in [0.2, 0.25) is 0 Å². The normalized spacial score (nSPS) is 9.17. The number of nitrogens with one attached hydrogen (secondary N) is 1. The fourth-order valence-corrected chi connectivity index (χ4v) is 7.65. The predicted molar refractivity (Wildman–Crippen MR) is 172 cm³/mol. The summed E-state index contributed by atoms with van der Waals surface area (Å²) in [6.45, 7) is 0. The quantitative estimate of drug-likeness (QED) is 0.104. The highest BCUT2D eigenvalue weighted by molar-refractivity contribution is 14.1. The Bertz CT molecular complexity index is 883. The highest BCUT2D eigenvalue weighted by Gasteiger charge is 1.96. The first-order valence-electron chi connectivity index (χ1n) is 7.64. The molecule has 0 spiro atoms. The molecule has 3 aromatic carbocycles. The maximum Gasteiger partial charge on any atom is 0.132 e. The number of nitrogen functional groups attached to an aromatic ring is 2. The molecule has 0 saturated carbocycles. The van der Waals surface area contributed by atoms with Crippen LogP contribution in [0.15, 0.2) is 59.7 Å². The van der Waals surface area contributed by atoms with Gasteiger partial charge < -0.3 is 23.6 Å². The molecule has 0 bridgehead atoms. The molecule has 12 heteroatoms. The van der Waals surface area contributed by atoms with Crippen LogP contribution in [-0.2, 0) is 0 Å². The number of hydrazine groups is 1. The van der Waals surface area contributed by atoms with E-state index in [-0.39, 0.29) is 12.4 Å². The Balaban J connectivity index is 0.000000414. The van der Waals surface area contributed by atoms with Crippen LogP contribution in [0.1, 0.15) is 0 Å². The summed E-state index contributed by atoms with van der Waals surface area (Å²) in [6, 6.07) is 18.0. The molecule has 0 aromatic heterocycles. The third kappa shape index (κ3) is 13.9. The highest BCUT2D eigenvalue weighted by atomic mass is 127. The van der Waals surface area contributed by atoms with Crippen LogP contribution in [0.3, 0.4) is 0 Å². The van der Waals surface area contributed by atoms with Crippen molar-refractivity contribution in [2.75, 3.05) is 11.2 Å². The molecular weight excluding hydrogens is 1080 g/mol. The Labute approximate surface area is 264 Å². The lowest BCUT2D eigenvalue weighted by molar-refractivity contribution is -0.210. The molecule has 0 aliphatic heterocycles. The molecule has 0 radical (unpaired) electrons. The second-order valence-corrected chi connectivity index (χ2v) is 12.7. The summed E-state index contributed by atoms with van der Waals surface area (Å²) < 4.78 is 7.09. The van der Waals surface area contributed by atoms with E-state index in [2.05, 4.69) is 164 Å². The summed E-state index contributed by atoms with van der Waals surface area (Å²) in [6.07, 6.45) is 0. The number of benzene rings is 3. The van der Waals surface area contributed by atoms with Gasteiger partial charge in [0.1, 0.15) is 5.69 Å². The molecular formula is C18H16ClI6N5. The van der Waals surface area contributed by atoms with E-state index in [0.29, 0.717) is 0 Å². The summed E-state index contributed by atoms with van der Waals surface area (Å²) in [5.41, 5.74) is 15.9. The summed E-state index contributed by atoms with van der Waals surface area (Å²) in [4.78, 5) is 0. The van der Waals surface area contributed by atoms with E-state index in [0.717, 1.165) is 24.2 Å². The van der Waals surface area contributed by atoms with Crippen LogP contribution >= 0.6 is 136 Å². The number of nitrogens with two attached hydrogens (primary N) is 3. The van der Waals surface area contributed by atoms with Crippen LogP contribution in [0, 0.1) is 21.4 Å². The summed E-state index contributed by atoms with van der Waals surface area (Å²) in [5, 5.41) is 3.58. The smallest absolute Gasteiger partial charge is 0.132 e. The van der Waals surface area contributed by atoms with Crippen LogP contribution in [0.25, 0.3) is 0 Å². The van der Waals surface area contributed by atoms with Gasteiger partial charge in [-0.3, -0.25) is 5.84 Å². The number of halogens is 7. The molecule has 0 aliphatic rings. The van der Waals surface area contributed by atoms with Gasteiger partial charge in [-0.2, -0.15) is 5.53 Å². The zero-order chi connectivity index (χ0) is 22.0. The third-order valence-electron chi connectivity index (χ3n) is 2.91. The van der Waals surface area contributed by atoms with Crippen LogP contribution < -0.4 is 34.9 Å². The first-order valence-corrected chi connectivity index (χ1v) is 14.1. The lowest BCUT2D eigenvalue weighted by atomic mass is 10.3. The van der Waals surface area contributed by atoms with Gasteiger partial charge in [-0.25, -0.2) is 0 Å². The zero-order valence-electron chi connectivity index (χ0n) is 15.0. The van der Waals surface area contributed by atoms with Gasteiger partial charge in [-0.15, -0.1) is 0 Å². The Kier molecular flexibility index (Phi) is 17.8. The molecule has 0 aliphatic carbocycles. The number of rotatable bonds is 2. The summed E-state index contributed by atoms with van der Waals surface area (Å²) in [5.74, 6) is 5.23. The minimum Gasteiger partial charge on any atom is -1.00 e. The molecule has 0 heterocycles. The standard InChI is InChI=1S/C6H6I2N2.C6H4I2N2.C6H5I2N.ClH/c2*7-4-1-5(8)3-6(2-4)10-9;7-4-1-5(8)3-6(9)2-4;/h1-3,10H,9H2;1-3,9H;1-3H,9H2;1H. The van der Waals surface area contributed by atoms with E-state index in [4.69, 9.17) is 17.1 Å².